The Morgan fingerprint density at radius 3 is 2.82 bits per heavy atom. The second kappa shape index (κ2) is 4.95. The van der Waals surface area contributed by atoms with Gasteiger partial charge in [0.15, 0.2) is 0 Å². The maximum atomic E-state index is 13.8. The van der Waals surface area contributed by atoms with Gasteiger partial charge in [-0.1, -0.05) is 22.0 Å². The Labute approximate surface area is 107 Å². The molecule has 3 N–H and O–H groups in total. The number of hydrazine groups is 1. The number of aromatic nitrogens is 2. The molecule has 0 bridgehead atoms. The van der Waals surface area contributed by atoms with Gasteiger partial charge in [0.2, 0.25) is 0 Å². The number of rotatable bonds is 3. The Bertz CT molecular complexity index is 526. The highest BCUT2D eigenvalue weighted by Gasteiger charge is 2.20. The van der Waals surface area contributed by atoms with Crippen molar-refractivity contribution in [3.63, 3.8) is 0 Å². The average molecular weight is 299 g/mol. The third-order valence-electron chi connectivity index (χ3n) is 2.56. The number of benzene rings is 1. The lowest BCUT2D eigenvalue weighted by molar-refractivity contribution is 0.532. The van der Waals surface area contributed by atoms with Crippen LogP contribution in [0.1, 0.15) is 17.4 Å². The summed E-state index contributed by atoms with van der Waals surface area (Å²) in [5, 5.41) is 0. The minimum absolute atomic E-state index is 0.328. The molecule has 0 saturated carbocycles. The van der Waals surface area contributed by atoms with Crippen molar-refractivity contribution in [3.8, 4) is 0 Å². The molecule has 0 fully saturated rings. The summed E-state index contributed by atoms with van der Waals surface area (Å²) in [4.78, 5) is 4.17. The van der Waals surface area contributed by atoms with Crippen LogP contribution in [0.15, 0.2) is 35.1 Å². The Balaban J connectivity index is 2.46. The summed E-state index contributed by atoms with van der Waals surface area (Å²) in [6.45, 7) is 0. The summed E-state index contributed by atoms with van der Waals surface area (Å²) in [5.41, 5.74) is 3.05. The Morgan fingerprint density at radius 1 is 1.53 bits per heavy atom. The molecule has 6 heteroatoms. The van der Waals surface area contributed by atoms with E-state index in [9.17, 15) is 4.39 Å². The van der Waals surface area contributed by atoms with Crippen molar-refractivity contribution in [2.24, 2.45) is 12.9 Å². The largest absolute Gasteiger partial charge is 0.336 e. The molecule has 1 aromatic heterocycles. The molecule has 0 spiro atoms. The van der Waals surface area contributed by atoms with Crippen molar-refractivity contribution in [3.05, 3.63) is 52.3 Å². The van der Waals surface area contributed by atoms with Crippen LogP contribution in [0.2, 0.25) is 0 Å². The van der Waals surface area contributed by atoms with E-state index in [1.165, 1.54) is 6.07 Å². The molecule has 0 saturated heterocycles. The van der Waals surface area contributed by atoms with E-state index in [2.05, 4.69) is 26.3 Å². The number of hydrogen-bond acceptors (Lipinski definition) is 3. The molecule has 17 heavy (non-hydrogen) atoms. The summed E-state index contributed by atoms with van der Waals surface area (Å²) in [6, 6.07) is 4.38. The predicted molar refractivity (Wildman–Crippen MR) is 66.5 cm³/mol. The van der Waals surface area contributed by atoms with Gasteiger partial charge in [0.1, 0.15) is 17.7 Å². The van der Waals surface area contributed by atoms with Gasteiger partial charge >= 0.3 is 0 Å². The molecule has 0 aliphatic heterocycles. The molecule has 0 aliphatic rings. The maximum absolute atomic E-state index is 13.8. The summed E-state index contributed by atoms with van der Waals surface area (Å²) < 4.78 is 16.3. The topological polar surface area (TPSA) is 55.9 Å². The highest BCUT2D eigenvalue weighted by Crippen LogP contribution is 2.24. The van der Waals surface area contributed by atoms with Gasteiger partial charge < -0.3 is 4.57 Å². The van der Waals surface area contributed by atoms with Crippen molar-refractivity contribution < 1.29 is 4.39 Å². The maximum Gasteiger partial charge on any atom is 0.131 e. The molecule has 2 rings (SSSR count). The number of imidazole rings is 1. The van der Waals surface area contributed by atoms with Crippen molar-refractivity contribution in [2.45, 2.75) is 6.04 Å². The van der Waals surface area contributed by atoms with E-state index in [0.29, 0.717) is 15.9 Å². The van der Waals surface area contributed by atoms with Gasteiger partial charge in [0, 0.05) is 29.5 Å². The molecule has 90 valence electrons. The van der Waals surface area contributed by atoms with Crippen molar-refractivity contribution in [1.82, 2.24) is 15.0 Å². The smallest absolute Gasteiger partial charge is 0.131 e. The van der Waals surface area contributed by atoms with Crippen molar-refractivity contribution in [2.75, 3.05) is 0 Å². The minimum Gasteiger partial charge on any atom is -0.336 e. The summed E-state index contributed by atoms with van der Waals surface area (Å²) in [7, 11) is 1.84. The highest BCUT2D eigenvalue weighted by atomic mass is 79.9. The predicted octanol–water partition coefficient (Wildman–Crippen LogP) is 1.87. The molecule has 0 aliphatic carbocycles. The van der Waals surface area contributed by atoms with E-state index in [4.69, 9.17) is 5.84 Å². The normalized spacial score (nSPS) is 12.7. The monoisotopic (exact) mass is 298 g/mol. The Morgan fingerprint density at radius 2 is 2.29 bits per heavy atom. The number of hydrogen-bond donors (Lipinski definition) is 2. The van der Waals surface area contributed by atoms with Crippen molar-refractivity contribution >= 4 is 15.9 Å². The van der Waals surface area contributed by atoms with Gasteiger partial charge in [-0.25, -0.2) is 14.8 Å². The first-order chi connectivity index (χ1) is 8.13. The van der Waals surface area contributed by atoms with Gasteiger partial charge in [-0.3, -0.25) is 5.84 Å². The lowest BCUT2D eigenvalue weighted by Crippen LogP contribution is -2.31. The Kier molecular flexibility index (Phi) is 3.56. The molecule has 0 radical (unpaired) electrons. The van der Waals surface area contributed by atoms with Crippen molar-refractivity contribution in [1.29, 1.82) is 0 Å². The fourth-order valence-corrected chi connectivity index (χ4v) is 2.03. The molecule has 0 amide bonds. The molecule has 1 heterocycles. The molecular weight excluding hydrogens is 287 g/mol. The number of aryl methyl sites for hydroxylation is 1. The lowest BCUT2D eigenvalue weighted by atomic mass is 10.1. The van der Waals surface area contributed by atoms with Crippen LogP contribution in [-0.2, 0) is 7.05 Å². The highest BCUT2D eigenvalue weighted by molar-refractivity contribution is 9.10. The van der Waals surface area contributed by atoms with Crippen LogP contribution in [0, 0.1) is 5.82 Å². The molecule has 2 aromatic rings. The fourth-order valence-electron chi connectivity index (χ4n) is 1.69. The zero-order chi connectivity index (χ0) is 12.4. The van der Waals surface area contributed by atoms with Gasteiger partial charge in [0.25, 0.3) is 0 Å². The second-order valence-electron chi connectivity index (χ2n) is 3.66. The number of nitrogens with zero attached hydrogens (tertiary/aromatic N) is 2. The van der Waals surface area contributed by atoms with Crippen LogP contribution in [0.3, 0.4) is 0 Å². The van der Waals surface area contributed by atoms with E-state index in [1.54, 1.807) is 29.1 Å². The van der Waals surface area contributed by atoms with Gasteiger partial charge in [0.05, 0.1) is 0 Å². The number of halogens is 2. The SMILES string of the molecule is Cn1ccnc1C(NN)c1ccc(Br)cc1F. The van der Waals surface area contributed by atoms with E-state index in [0.717, 1.165) is 0 Å². The summed E-state index contributed by atoms with van der Waals surface area (Å²) in [6.07, 6.45) is 3.44. The van der Waals surface area contributed by atoms with E-state index in [-0.39, 0.29) is 5.82 Å². The molecule has 1 unspecified atom stereocenters. The molecule has 4 nitrogen and oxygen atoms in total. The summed E-state index contributed by atoms with van der Waals surface area (Å²) >= 11 is 3.22. The first kappa shape index (κ1) is 12.2. The average Bonchev–Trinajstić information content (AvgIpc) is 2.69. The van der Waals surface area contributed by atoms with E-state index in [1.807, 2.05) is 7.05 Å². The van der Waals surface area contributed by atoms with Gasteiger partial charge in [-0.05, 0) is 12.1 Å². The van der Waals surface area contributed by atoms with Crippen LogP contribution >= 0.6 is 15.9 Å². The quantitative estimate of drug-likeness (QED) is 0.672. The molecule has 1 atom stereocenters. The van der Waals surface area contributed by atoms with E-state index < -0.39 is 6.04 Å². The molecular formula is C11H12BrFN4. The molecule has 1 aromatic carbocycles. The third kappa shape index (κ3) is 2.38. The first-order valence-electron chi connectivity index (χ1n) is 5.01. The zero-order valence-electron chi connectivity index (χ0n) is 9.19. The Hall–Kier alpha value is -1.24. The third-order valence-corrected chi connectivity index (χ3v) is 3.05. The first-order valence-corrected chi connectivity index (χ1v) is 5.81. The second-order valence-corrected chi connectivity index (χ2v) is 4.58. The number of nitrogens with one attached hydrogen (secondary N) is 1. The van der Waals surface area contributed by atoms with Crippen LogP contribution in [0.4, 0.5) is 4.39 Å². The number of nitrogens with two attached hydrogens (primary N) is 1. The lowest BCUT2D eigenvalue weighted by Gasteiger charge is -2.16. The standard InChI is InChI=1S/C11H12BrFN4/c1-17-5-4-15-11(17)10(16-14)8-3-2-7(12)6-9(8)13/h2-6,10,16H,14H2,1H3. The van der Waals surface area contributed by atoms with Crippen LogP contribution in [-0.4, -0.2) is 9.55 Å². The van der Waals surface area contributed by atoms with Crippen LogP contribution in [0.25, 0.3) is 0 Å². The van der Waals surface area contributed by atoms with Gasteiger partial charge in [-0.15, -0.1) is 0 Å². The summed E-state index contributed by atoms with van der Waals surface area (Å²) in [5.74, 6) is 5.82. The van der Waals surface area contributed by atoms with Crippen LogP contribution < -0.4 is 11.3 Å². The zero-order valence-corrected chi connectivity index (χ0v) is 10.8. The van der Waals surface area contributed by atoms with Gasteiger partial charge in [-0.2, -0.15) is 0 Å². The van der Waals surface area contributed by atoms with E-state index >= 15 is 0 Å². The fraction of sp³-hybridized carbons (Fsp3) is 0.182. The minimum atomic E-state index is -0.469. The van der Waals surface area contributed by atoms with Crippen LogP contribution in [0.5, 0.6) is 0 Å².